The van der Waals surface area contributed by atoms with Crippen LogP contribution in [-0.2, 0) is 4.79 Å². The van der Waals surface area contributed by atoms with Crippen LogP contribution in [0.5, 0.6) is 0 Å². The van der Waals surface area contributed by atoms with Gasteiger partial charge in [-0.05, 0) is 25.8 Å². The molecule has 2 rings (SSSR count). The maximum atomic E-state index is 12.5. The number of rotatable bonds is 3. The first-order valence-corrected chi connectivity index (χ1v) is 7.57. The predicted octanol–water partition coefficient (Wildman–Crippen LogP) is 0.979. The molecule has 2 aliphatic rings. The van der Waals surface area contributed by atoms with Crippen molar-refractivity contribution in [3.63, 3.8) is 0 Å². The molecule has 0 saturated carbocycles. The van der Waals surface area contributed by atoms with Gasteiger partial charge >= 0.3 is 12.0 Å². The topological polar surface area (TPSA) is 72.9 Å². The Morgan fingerprint density at radius 3 is 2.70 bits per heavy atom. The van der Waals surface area contributed by atoms with E-state index in [1.54, 1.807) is 4.90 Å². The summed E-state index contributed by atoms with van der Waals surface area (Å²) in [6.45, 7) is 6.15. The van der Waals surface area contributed by atoms with Crippen molar-refractivity contribution < 1.29 is 14.7 Å². The van der Waals surface area contributed by atoms with Crippen LogP contribution < -0.4 is 5.32 Å². The number of hydrogen-bond donors (Lipinski definition) is 2. The van der Waals surface area contributed by atoms with E-state index in [0.717, 1.165) is 32.5 Å². The molecule has 0 radical (unpaired) electrons. The number of hydrogen-bond acceptors (Lipinski definition) is 3. The van der Waals surface area contributed by atoms with Gasteiger partial charge in [0.1, 0.15) is 0 Å². The van der Waals surface area contributed by atoms with Gasteiger partial charge in [0.15, 0.2) is 0 Å². The number of aliphatic carboxylic acids is 1. The van der Waals surface area contributed by atoms with Crippen LogP contribution in [0.25, 0.3) is 0 Å². The summed E-state index contributed by atoms with van der Waals surface area (Å²) in [6.07, 6.45) is 3.02. The number of likely N-dealkylation sites (tertiary alicyclic amines) is 1. The third-order valence-electron chi connectivity index (χ3n) is 4.42. The molecule has 2 amide bonds. The summed E-state index contributed by atoms with van der Waals surface area (Å²) >= 11 is 0. The molecule has 0 aromatic heterocycles. The molecule has 2 N–H and O–H groups in total. The molecule has 1 atom stereocenters. The summed E-state index contributed by atoms with van der Waals surface area (Å²) in [4.78, 5) is 27.6. The smallest absolute Gasteiger partial charge is 0.320 e. The number of urea groups is 1. The minimum absolute atomic E-state index is 0.00734. The summed E-state index contributed by atoms with van der Waals surface area (Å²) in [5.41, 5.74) is -0.728. The van der Waals surface area contributed by atoms with E-state index >= 15 is 0 Å². The third-order valence-corrected chi connectivity index (χ3v) is 4.42. The molecule has 0 aliphatic carbocycles. The normalized spacial score (nSPS) is 27.4. The first-order valence-electron chi connectivity index (χ1n) is 7.57. The van der Waals surface area contributed by atoms with Gasteiger partial charge in [0, 0.05) is 32.7 Å². The van der Waals surface area contributed by atoms with Gasteiger partial charge in [-0.25, -0.2) is 4.79 Å². The van der Waals surface area contributed by atoms with Crippen LogP contribution in [0.4, 0.5) is 4.79 Å². The minimum Gasteiger partial charge on any atom is -0.481 e. The van der Waals surface area contributed by atoms with Crippen molar-refractivity contribution in [2.24, 2.45) is 5.41 Å². The fraction of sp³-hybridized carbons (Fsp3) is 0.857. The van der Waals surface area contributed by atoms with E-state index in [4.69, 9.17) is 0 Å². The molecule has 0 aromatic rings. The number of carboxylic acids is 1. The first kappa shape index (κ1) is 15.1. The Morgan fingerprint density at radius 2 is 2.00 bits per heavy atom. The highest BCUT2D eigenvalue weighted by atomic mass is 16.4. The Hall–Kier alpha value is -1.30. The molecule has 0 bridgehead atoms. The van der Waals surface area contributed by atoms with Gasteiger partial charge in [-0.15, -0.1) is 0 Å². The summed E-state index contributed by atoms with van der Waals surface area (Å²) in [5.74, 6) is -0.757. The second kappa shape index (κ2) is 6.43. The molecular formula is C14H25N3O3. The number of nitrogens with zero attached hydrogens (tertiary/aromatic N) is 2. The van der Waals surface area contributed by atoms with E-state index in [1.807, 2.05) is 11.8 Å². The number of carboxylic acid groups (broad SMARTS) is 1. The SMILES string of the molecule is CCCC1(C(=O)O)CCN(C(=O)N2CCCNCC2)C1. The standard InChI is InChI=1S/C14H25N3O3/c1-2-4-14(12(18)19)5-9-17(11-14)13(20)16-8-3-6-15-7-10-16/h15H,2-11H2,1H3,(H,18,19). The Morgan fingerprint density at radius 1 is 1.20 bits per heavy atom. The molecular weight excluding hydrogens is 258 g/mol. The minimum atomic E-state index is -0.757. The van der Waals surface area contributed by atoms with Crippen molar-refractivity contribution in [1.29, 1.82) is 0 Å². The van der Waals surface area contributed by atoms with Gasteiger partial charge in [-0.3, -0.25) is 4.79 Å². The highest BCUT2D eigenvalue weighted by Crippen LogP contribution is 2.36. The Balaban J connectivity index is 2.00. The summed E-state index contributed by atoms with van der Waals surface area (Å²) in [6, 6.07) is 0.00734. The van der Waals surface area contributed by atoms with Crippen LogP contribution in [0.2, 0.25) is 0 Å². The highest BCUT2D eigenvalue weighted by molar-refractivity contribution is 5.79. The lowest BCUT2D eigenvalue weighted by molar-refractivity contribution is -0.148. The second-order valence-corrected chi connectivity index (χ2v) is 5.88. The van der Waals surface area contributed by atoms with E-state index in [0.29, 0.717) is 32.5 Å². The van der Waals surface area contributed by atoms with E-state index in [2.05, 4.69) is 5.32 Å². The Kier molecular flexibility index (Phi) is 4.86. The largest absolute Gasteiger partial charge is 0.481 e. The molecule has 6 nitrogen and oxygen atoms in total. The van der Waals surface area contributed by atoms with Crippen molar-refractivity contribution in [2.45, 2.75) is 32.6 Å². The summed E-state index contributed by atoms with van der Waals surface area (Å²) in [5, 5.41) is 12.8. The number of carbonyl (C=O) groups is 2. The lowest BCUT2D eigenvalue weighted by Crippen LogP contribution is -2.45. The third kappa shape index (κ3) is 3.06. The van der Waals surface area contributed by atoms with Crippen LogP contribution in [0.3, 0.4) is 0 Å². The molecule has 2 heterocycles. The van der Waals surface area contributed by atoms with Crippen LogP contribution >= 0.6 is 0 Å². The molecule has 0 spiro atoms. The monoisotopic (exact) mass is 283 g/mol. The van der Waals surface area contributed by atoms with Crippen LogP contribution in [-0.4, -0.2) is 66.2 Å². The zero-order chi connectivity index (χ0) is 14.6. The zero-order valence-electron chi connectivity index (χ0n) is 12.2. The van der Waals surface area contributed by atoms with Crippen LogP contribution in [0.1, 0.15) is 32.6 Å². The van der Waals surface area contributed by atoms with E-state index in [-0.39, 0.29) is 6.03 Å². The summed E-state index contributed by atoms with van der Waals surface area (Å²) < 4.78 is 0. The van der Waals surface area contributed by atoms with Gasteiger partial charge in [0.2, 0.25) is 0 Å². The molecule has 0 aromatic carbocycles. The molecule has 1 unspecified atom stereocenters. The first-order chi connectivity index (χ1) is 9.59. The van der Waals surface area contributed by atoms with Crippen LogP contribution in [0.15, 0.2) is 0 Å². The van der Waals surface area contributed by atoms with Crippen molar-refractivity contribution in [1.82, 2.24) is 15.1 Å². The molecule has 2 saturated heterocycles. The number of carbonyl (C=O) groups excluding carboxylic acids is 1. The van der Waals surface area contributed by atoms with E-state index in [1.165, 1.54) is 0 Å². The van der Waals surface area contributed by atoms with Gasteiger partial charge in [0.25, 0.3) is 0 Å². The quantitative estimate of drug-likeness (QED) is 0.810. The number of nitrogens with one attached hydrogen (secondary N) is 1. The van der Waals surface area contributed by atoms with Crippen molar-refractivity contribution >= 4 is 12.0 Å². The fourth-order valence-electron chi connectivity index (χ4n) is 3.24. The van der Waals surface area contributed by atoms with E-state index in [9.17, 15) is 14.7 Å². The maximum absolute atomic E-state index is 12.5. The van der Waals surface area contributed by atoms with Crippen molar-refractivity contribution in [3.8, 4) is 0 Å². The molecule has 114 valence electrons. The maximum Gasteiger partial charge on any atom is 0.320 e. The fourth-order valence-corrected chi connectivity index (χ4v) is 3.24. The molecule has 20 heavy (non-hydrogen) atoms. The predicted molar refractivity (Wildman–Crippen MR) is 75.6 cm³/mol. The van der Waals surface area contributed by atoms with Gasteiger partial charge in [0.05, 0.1) is 5.41 Å². The van der Waals surface area contributed by atoms with Gasteiger partial charge in [-0.1, -0.05) is 13.3 Å². The summed E-state index contributed by atoms with van der Waals surface area (Å²) in [7, 11) is 0. The van der Waals surface area contributed by atoms with Gasteiger partial charge < -0.3 is 20.2 Å². The average Bonchev–Trinajstić information content (AvgIpc) is 2.68. The number of amides is 2. The Labute approximate surface area is 120 Å². The lowest BCUT2D eigenvalue weighted by Gasteiger charge is -2.28. The second-order valence-electron chi connectivity index (χ2n) is 5.88. The Bertz CT molecular complexity index is 367. The molecule has 6 heteroatoms. The van der Waals surface area contributed by atoms with Gasteiger partial charge in [-0.2, -0.15) is 0 Å². The van der Waals surface area contributed by atoms with Crippen LogP contribution in [0, 0.1) is 5.41 Å². The zero-order valence-corrected chi connectivity index (χ0v) is 12.2. The molecule has 2 aliphatic heterocycles. The van der Waals surface area contributed by atoms with E-state index < -0.39 is 11.4 Å². The lowest BCUT2D eigenvalue weighted by atomic mass is 9.83. The highest BCUT2D eigenvalue weighted by Gasteiger charge is 2.46. The van der Waals surface area contributed by atoms with Crippen molar-refractivity contribution in [3.05, 3.63) is 0 Å². The average molecular weight is 283 g/mol. The van der Waals surface area contributed by atoms with Crippen molar-refractivity contribution in [2.75, 3.05) is 39.3 Å². The molecule has 2 fully saturated rings.